The fourth-order valence-corrected chi connectivity index (χ4v) is 3.07. The molecule has 1 saturated heterocycles. The van der Waals surface area contributed by atoms with E-state index < -0.39 is 0 Å². The lowest BCUT2D eigenvalue weighted by molar-refractivity contribution is 0.102. The standard InChI is InChI=1S/C18H26N4/c1-16(2)21-10-8-20(9-11-21)14-18-12-19-15-22(18)13-17-6-4-3-5-7-17/h3-7,12,15-16H,8-11,13-14H2,1-2H3. The molecule has 0 atom stereocenters. The topological polar surface area (TPSA) is 24.3 Å². The highest BCUT2D eigenvalue weighted by Gasteiger charge is 2.19. The highest BCUT2D eigenvalue weighted by atomic mass is 15.3. The molecule has 22 heavy (non-hydrogen) atoms. The van der Waals surface area contributed by atoms with E-state index in [-0.39, 0.29) is 0 Å². The van der Waals surface area contributed by atoms with E-state index in [1.165, 1.54) is 24.3 Å². The second-order valence-corrected chi connectivity index (χ2v) is 6.40. The molecule has 1 aromatic carbocycles. The molecular formula is C18H26N4. The number of nitrogens with zero attached hydrogens (tertiary/aromatic N) is 4. The van der Waals surface area contributed by atoms with Crippen molar-refractivity contribution >= 4 is 0 Å². The van der Waals surface area contributed by atoms with Crippen LogP contribution in [0.3, 0.4) is 0 Å². The Morgan fingerprint density at radius 2 is 1.73 bits per heavy atom. The summed E-state index contributed by atoms with van der Waals surface area (Å²) < 4.78 is 2.27. The molecule has 0 aliphatic carbocycles. The fourth-order valence-electron chi connectivity index (χ4n) is 3.07. The minimum atomic E-state index is 0.658. The molecule has 0 bridgehead atoms. The number of benzene rings is 1. The van der Waals surface area contributed by atoms with Crippen LogP contribution < -0.4 is 0 Å². The Morgan fingerprint density at radius 3 is 2.41 bits per heavy atom. The Morgan fingerprint density at radius 1 is 1.00 bits per heavy atom. The van der Waals surface area contributed by atoms with Crippen molar-refractivity contribution < 1.29 is 0 Å². The van der Waals surface area contributed by atoms with Crippen LogP contribution in [0.1, 0.15) is 25.1 Å². The smallest absolute Gasteiger partial charge is 0.0951 e. The first-order valence-electron chi connectivity index (χ1n) is 8.21. The van der Waals surface area contributed by atoms with Crippen molar-refractivity contribution in [1.29, 1.82) is 0 Å². The third-order valence-electron chi connectivity index (χ3n) is 4.52. The van der Waals surface area contributed by atoms with Gasteiger partial charge in [-0.15, -0.1) is 0 Å². The highest BCUT2D eigenvalue weighted by Crippen LogP contribution is 2.12. The molecule has 1 aliphatic rings. The molecule has 1 aromatic heterocycles. The minimum absolute atomic E-state index is 0.658. The van der Waals surface area contributed by atoms with Gasteiger partial charge in [-0.1, -0.05) is 30.3 Å². The lowest BCUT2D eigenvalue weighted by Crippen LogP contribution is -2.48. The zero-order chi connectivity index (χ0) is 15.4. The zero-order valence-corrected chi connectivity index (χ0v) is 13.7. The van der Waals surface area contributed by atoms with Crippen LogP contribution in [0.15, 0.2) is 42.9 Å². The molecule has 2 heterocycles. The van der Waals surface area contributed by atoms with E-state index in [4.69, 9.17) is 0 Å². The monoisotopic (exact) mass is 298 g/mol. The van der Waals surface area contributed by atoms with Crippen molar-refractivity contribution in [2.75, 3.05) is 26.2 Å². The van der Waals surface area contributed by atoms with Crippen LogP contribution in [0.25, 0.3) is 0 Å². The Kier molecular flexibility index (Phi) is 4.90. The average molecular weight is 298 g/mol. The second-order valence-electron chi connectivity index (χ2n) is 6.40. The predicted octanol–water partition coefficient (Wildman–Crippen LogP) is 2.46. The number of aromatic nitrogens is 2. The number of imidazole rings is 1. The Bertz CT molecular complexity index is 568. The Labute approximate surface area is 133 Å². The number of piperazine rings is 1. The summed E-state index contributed by atoms with van der Waals surface area (Å²) in [6, 6.07) is 11.3. The molecule has 3 rings (SSSR count). The zero-order valence-electron chi connectivity index (χ0n) is 13.7. The van der Waals surface area contributed by atoms with Gasteiger partial charge in [-0.25, -0.2) is 4.98 Å². The van der Waals surface area contributed by atoms with Crippen molar-refractivity contribution in [3.05, 3.63) is 54.1 Å². The van der Waals surface area contributed by atoms with Gasteiger partial charge in [0.25, 0.3) is 0 Å². The minimum Gasteiger partial charge on any atom is -0.329 e. The van der Waals surface area contributed by atoms with Gasteiger partial charge >= 0.3 is 0 Å². The lowest BCUT2D eigenvalue weighted by Gasteiger charge is -2.36. The summed E-state index contributed by atoms with van der Waals surface area (Å²) >= 11 is 0. The van der Waals surface area contributed by atoms with Gasteiger partial charge in [0, 0.05) is 51.5 Å². The third-order valence-corrected chi connectivity index (χ3v) is 4.52. The van der Waals surface area contributed by atoms with Crippen LogP contribution >= 0.6 is 0 Å². The first-order valence-corrected chi connectivity index (χ1v) is 8.21. The van der Waals surface area contributed by atoms with E-state index in [9.17, 15) is 0 Å². The van der Waals surface area contributed by atoms with Crippen molar-refractivity contribution in [3.8, 4) is 0 Å². The van der Waals surface area contributed by atoms with Gasteiger partial charge in [-0.2, -0.15) is 0 Å². The van der Waals surface area contributed by atoms with Crippen molar-refractivity contribution in [3.63, 3.8) is 0 Å². The summed E-state index contributed by atoms with van der Waals surface area (Å²) in [6.07, 6.45) is 3.96. The van der Waals surface area contributed by atoms with E-state index in [1.807, 2.05) is 12.5 Å². The molecular weight excluding hydrogens is 272 g/mol. The quantitative estimate of drug-likeness (QED) is 0.847. The van der Waals surface area contributed by atoms with Gasteiger partial charge < -0.3 is 4.57 Å². The maximum Gasteiger partial charge on any atom is 0.0951 e. The summed E-state index contributed by atoms with van der Waals surface area (Å²) in [5, 5.41) is 0. The van der Waals surface area contributed by atoms with E-state index in [1.54, 1.807) is 0 Å². The maximum absolute atomic E-state index is 4.35. The van der Waals surface area contributed by atoms with Gasteiger partial charge in [-0.3, -0.25) is 9.80 Å². The first kappa shape index (κ1) is 15.3. The van der Waals surface area contributed by atoms with E-state index >= 15 is 0 Å². The van der Waals surface area contributed by atoms with Crippen LogP contribution in [-0.4, -0.2) is 51.6 Å². The van der Waals surface area contributed by atoms with Gasteiger partial charge in [0.2, 0.25) is 0 Å². The second kappa shape index (κ2) is 7.07. The number of hydrogen-bond acceptors (Lipinski definition) is 3. The van der Waals surface area contributed by atoms with Gasteiger partial charge in [0.15, 0.2) is 0 Å². The van der Waals surface area contributed by atoms with Crippen molar-refractivity contribution in [2.24, 2.45) is 0 Å². The van der Waals surface area contributed by atoms with Crippen molar-refractivity contribution in [2.45, 2.75) is 33.0 Å². The lowest BCUT2D eigenvalue weighted by atomic mass is 10.2. The maximum atomic E-state index is 4.35. The highest BCUT2D eigenvalue weighted by molar-refractivity contribution is 5.16. The van der Waals surface area contributed by atoms with Crippen molar-refractivity contribution in [1.82, 2.24) is 19.4 Å². The summed E-state index contributed by atoms with van der Waals surface area (Å²) in [5.74, 6) is 0. The number of rotatable bonds is 5. The van der Waals surface area contributed by atoms with Gasteiger partial charge in [0.1, 0.15) is 0 Å². The Balaban J connectivity index is 1.59. The molecule has 0 amide bonds. The van der Waals surface area contributed by atoms with Crippen LogP contribution in [-0.2, 0) is 13.1 Å². The SMILES string of the molecule is CC(C)N1CCN(Cc2cncn2Cc2ccccc2)CC1. The first-order chi connectivity index (χ1) is 10.7. The molecule has 0 saturated carbocycles. The molecule has 1 aliphatic heterocycles. The van der Waals surface area contributed by atoms with E-state index in [2.05, 4.69) is 63.5 Å². The molecule has 0 spiro atoms. The molecule has 118 valence electrons. The summed E-state index contributed by atoms with van der Waals surface area (Å²) in [7, 11) is 0. The summed E-state index contributed by atoms with van der Waals surface area (Å²) in [4.78, 5) is 9.45. The summed E-state index contributed by atoms with van der Waals surface area (Å²) in [6.45, 7) is 11.1. The third kappa shape index (κ3) is 3.76. The van der Waals surface area contributed by atoms with Crippen LogP contribution in [0.2, 0.25) is 0 Å². The van der Waals surface area contributed by atoms with E-state index in [0.717, 1.165) is 26.2 Å². The average Bonchev–Trinajstić information content (AvgIpc) is 2.96. The Hall–Kier alpha value is -1.65. The van der Waals surface area contributed by atoms with Crippen LogP contribution in [0.4, 0.5) is 0 Å². The predicted molar refractivity (Wildman–Crippen MR) is 89.8 cm³/mol. The molecule has 0 N–H and O–H groups in total. The van der Waals surface area contributed by atoms with E-state index in [0.29, 0.717) is 6.04 Å². The molecule has 0 radical (unpaired) electrons. The number of hydrogen-bond donors (Lipinski definition) is 0. The molecule has 1 fully saturated rings. The molecule has 4 heteroatoms. The van der Waals surface area contributed by atoms with Crippen LogP contribution in [0.5, 0.6) is 0 Å². The van der Waals surface area contributed by atoms with Gasteiger partial charge in [0.05, 0.1) is 12.0 Å². The normalized spacial score (nSPS) is 17.2. The molecule has 4 nitrogen and oxygen atoms in total. The largest absolute Gasteiger partial charge is 0.329 e. The fraction of sp³-hybridized carbons (Fsp3) is 0.500. The molecule has 0 unspecified atom stereocenters. The molecule has 2 aromatic rings. The summed E-state index contributed by atoms with van der Waals surface area (Å²) in [5.41, 5.74) is 2.63. The van der Waals surface area contributed by atoms with Crippen LogP contribution in [0, 0.1) is 0 Å². The van der Waals surface area contributed by atoms with Gasteiger partial charge in [-0.05, 0) is 19.4 Å².